The van der Waals surface area contributed by atoms with Crippen molar-refractivity contribution >= 4 is 12.4 Å². The van der Waals surface area contributed by atoms with Gasteiger partial charge in [-0.3, -0.25) is 0 Å². The van der Waals surface area contributed by atoms with Gasteiger partial charge in [-0.2, -0.15) is 0 Å². The Kier molecular flexibility index (Phi) is 13.0. The fourth-order valence-electron chi connectivity index (χ4n) is 12.7. The molecule has 21 atom stereocenters. The quantitative estimate of drug-likeness (QED) is 0.0906. The highest BCUT2D eigenvalue weighted by Gasteiger charge is 2.66. The molecule has 1 aromatic rings. The number of aldehydes is 1. The summed E-state index contributed by atoms with van der Waals surface area (Å²) in [6.07, 6.45) is -6.17. The Bertz CT molecular complexity index is 1790. The van der Waals surface area contributed by atoms with E-state index in [2.05, 4.69) is 26.0 Å². The number of aliphatic hydroxyl groups excluding tert-OH is 6. The van der Waals surface area contributed by atoms with Crippen LogP contribution in [0.5, 0.6) is 5.75 Å². The maximum absolute atomic E-state index is 13.4. The normalized spacial score (nSPS) is 48.0. The number of rotatable bonds is 9. The lowest BCUT2D eigenvalue weighted by Crippen LogP contribution is -2.64. The van der Waals surface area contributed by atoms with E-state index >= 15 is 0 Å². The molecule has 338 valence electrons. The summed E-state index contributed by atoms with van der Waals surface area (Å²) in [5.41, 5.74) is 1.72. The number of aliphatic hydroxyl groups is 6. The van der Waals surface area contributed by atoms with Gasteiger partial charge < -0.3 is 68.6 Å². The molecule has 8 rings (SSSR count). The molecule has 15 nitrogen and oxygen atoms in total. The molecule has 3 saturated carbocycles. The van der Waals surface area contributed by atoms with Gasteiger partial charge in [0.05, 0.1) is 24.9 Å². The zero-order valence-electron chi connectivity index (χ0n) is 35.6. The fourth-order valence-corrected chi connectivity index (χ4v) is 12.7. The Hall–Kier alpha value is -2.80. The molecule has 6 fully saturated rings. The van der Waals surface area contributed by atoms with Gasteiger partial charge in [-0.15, -0.1) is 0 Å². The smallest absolute Gasteiger partial charge is 0.425 e. The van der Waals surface area contributed by atoms with E-state index in [1.807, 2.05) is 13.8 Å². The van der Waals surface area contributed by atoms with Crippen LogP contribution in [0.1, 0.15) is 79.6 Å². The van der Waals surface area contributed by atoms with Crippen LogP contribution in [0.15, 0.2) is 53.6 Å². The van der Waals surface area contributed by atoms with Gasteiger partial charge in [0.25, 0.3) is 0 Å². The lowest BCUT2D eigenvalue weighted by Gasteiger charge is -2.58. The van der Waals surface area contributed by atoms with Crippen molar-refractivity contribution in [2.75, 3.05) is 6.61 Å². The number of ether oxygens (including phenoxy) is 7. The molecule has 0 spiro atoms. The van der Waals surface area contributed by atoms with Crippen LogP contribution >= 0.6 is 0 Å². The first-order valence-electron chi connectivity index (χ1n) is 22.1. The Morgan fingerprint density at radius 2 is 1.62 bits per heavy atom. The number of carbonyl (C=O) groups excluding carboxylic acids is 2. The standard InChI is InChI=1S/C46H64O15/c1-22(2)17-29-23(3)34-32(58-41(29)53)19-31-28-12-11-25-18-27(13-15-45(25,5)30(28)14-16-46(31,34)21-48)56-43-40(36(50)35(49)33(20-47)59-43)60-42-38(52)37(51)39(24(4)55-42)61-44(54)57-26-9-7-6-8-10-26/h6-11,17,21,23-24,27-43,47,49-53H,12-16,18-20H2,1-5H3. The molecule has 61 heavy (non-hydrogen) atoms. The maximum Gasteiger partial charge on any atom is 0.514 e. The summed E-state index contributed by atoms with van der Waals surface area (Å²) in [7, 11) is 0. The van der Waals surface area contributed by atoms with E-state index in [4.69, 9.17) is 33.2 Å². The molecule has 21 unspecified atom stereocenters. The molecule has 3 saturated heterocycles. The van der Waals surface area contributed by atoms with Gasteiger partial charge in [-0.1, -0.05) is 55.3 Å². The van der Waals surface area contributed by atoms with Crippen LogP contribution in [0.2, 0.25) is 0 Å². The third-order valence-corrected chi connectivity index (χ3v) is 15.7. The second-order valence-corrected chi connectivity index (χ2v) is 19.3. The number of fused-ring (bicyclic) bond motifs is 7. The lowest BCUT2D eigenvalue weighted by molar-refractivity contribution is -0.369. The number of carbonyl (C=O) groups is 2. The molecule has 7 aliphatic rings. The van der Waals surface area contributed by atoms with Gasteiger partial charge >= 0.3 is 6.16 Å². The van der Waals surface area contributed by atoms with Gasteiger partial charge in [0.1, 0.15) is 48.7 Å². The van der Waals surface area contributed by atoms with Gasteiger partial charge in [-0.25, -0.2) is 4.79 Å². The summed E-state index contributed by atoms with van der Waals surface area (Å²) in [6.45, 7) is 9.45. The van der Waals surface area contributed by atoms with E-state index in [1.54, 1.807) is 30.3 Å². The fraction of sp³-hybridized carbons (Fsp3) is 0.739. The zero-order chi connectivity index (χ0) is 43.5. The van der Waals surface area contributed by atoms with Crippen LogP contribution in [-0.2, 0) is 33.2 Å². The van der Waals surface area contributed by atoms with Gasteiger partial charge in [0.2, 0.25) is 0 Å². The highest BCUT2D eigenvalue weighted by Crippen LogP contribution is 2.68. The SMILES string of the molecule is CC(C)=CC1C(O)OC2CC3C4CC=C5CC(OC6OC(CO)C(O)C(O)C6OC6OC(C)C(OC(=O)Oc7ccccc7)C(O)C6O)CCC5(C)C4CCC3(C=O)C2C1C. The number of para-hydroxylation sites is 1. The Balaban J connectivity index is 0.949. The van der Waals surface area contributed by atoms with E-state index in [1.165, 1.54) is 18.8 Å². The summed E-state index contributed by atoms with van der Waals surface area (Å²) < 4.78 is 41.4. The van der Waals surface area contributed by atoms with Crippen LogP contribution in [-0.4, -0.2) is 130 Å². The summed E-state index contributed by atoms with van der Waals surface area (Å²) >= 11 is 0. The van der Waals surface area contributed by atoms with Crippen LogP contribution in [0.25, 0.3) is 0 Å². The second kappa shape index (κ2) is 17.6. The van der Waals surface area contributed by atoms with Crippen molar-refractivity contribution < 1.29 is 73.4 Å². The molecule has 15 heteroatoms. The zero-order valence-corrected chi connectivity index (χ0v) is 35.6. The minimum Gasteiger partial charge on any atom is -0.425 e. The van der Waals surface area contributed by atoms with Crippen LogP contribution < -0.4 is 4.74 Å². The molecule has 0 radical (unpaired) electrons. The van der Waals surface area contributed by atoms with Crippen molar-refractivity contribution in [3.8, 4) is 5.75 Å². The molecule has 0 aromatic heterocycles. The van der Waals surface area contributed by atoms with Crippen molar-refractivity contribution in [3.05, 3.63) is 53.6 Å². The number of benzene rings is 1. The van der Waals surface area contributed by atoms with Gasteiger partial charge in [0, 0.05) is 17.3 Å². The summed E-state index contributed by atoms with van der Waals surface area (Å²) in [5, 5.41) is 65.6. The van der Waals surface area contributed by atoms with Crippen LogP contribution in [0, 0.1) is 46.3 Å². The topological polar surface area (TPSA) is 220 Å². The second-order valence-electron chi connectivity index (χ2n) is 19.3. The molecule has 3 heterocycles. The Morgan fingerprint density at radius 1 is 0.885 bits per heavy atom. The lowest BCUT2D eigenvalue weighted by atomic mass is 9.46. The number of hydrogen-bond donors (Lipinski definition) is 6. The van der Waals surface area contributed by atoms with Crippen LogP contribution in [0.3, 0.4) is 0 Å². The van der Waals surface area contributed by atoms with E-state index in [9.17, 15) is 40.2 Å². The number of allylic oxidation sites excluding steroid dienone is 2. The van der Waals surface area contributed by atoms with Gasteiger partial charge in [-0.05, 0) is 107 Å². The first-order valence-corrected chi connectivity index (χ1v) is 22.1. The summed E-state index contributed by atoms with van der Waals surface area (Å²) in [4.78, 5) is 25.9. The third-order valence-electron chi connectivity index (χ3n) is 15.7. The first-order chi connectivity index (χ1) is 29.1. The third kappa shape index (κ3) is 8.04. The van der Waals surface area contributed by atoms with E-state index in [0.717, 1.165) is 37.7 Å². The predicted molar refractivity (Wildman–Crippen MR) is 215 cm³/mol. The Labute approximate surface area is 356 Å². The average molecular weight is 857 g/mol. The van der Waals surface area contributed by atoms with Crippen molar-refractivity contribution in [1.29, 1.82) is 0 Å². The minimum atomic E-state index is -1.77. The molecule has 0 amide bonds. The van der Waals surface area contributed by atoms with E-state index < -0.39 is 92.0 Å². The average Bonchev–Trinajstić information content (AvgIpc) is 3.57. The largest absolute Gasteiger partial charge is 0.514 e. The molecular formula is C46H64O15. The minimum absolute atomic E-state index is 0.0367. The number of hydrogen-bond acceptors (Lipinski definition) is 15. The Morgan fingerprint density at radius 3 is 2.33 bits per heavy atom. The summed E-state index contributed by atoms with van der Waals surface area (Å²) in [5.74, 6) is 0.948. The maximum atomic E-state index is 13.4. The molecule has 3 aliphatic heterocycles. The molecular weight excluding hydrogens is 792 g/mol. The highest BCUT2D eigenvalue weighted by molar-refractivity contribution is 5.64. The molecule has 4 aliphatic carbocycles. The van der Waals surface area contributed by atoms with Crippen molar-refractivity contribution in [2.24, 2.45) is 46.3 Å². The molecule has 0 bridgehead atoms. The summed E-state index contributed by atoms with van der Waals surface area (Å²) in [6, 6.07) is 8.20. The predicted octanol–water partition coefficient (Wildman–Crippen LogP) is 3.55. The first kappa shape index (κ1) is 44.8. The van der Waals surface area contributed by atoms with Gasteiger partial charge in [0.15, 0.2) is 25.0 Å². The van der Waals surface area contributed by atoms with Crippen molar-refractivity contribution in [3.63, 3.8) is 0 Å². The van der Waals surface area contributed by atoms with Crippen molar-refractivity contribution in [2.45, 2.75) is 159 Å². The van der Waals surface area contributed by atoms with E-state index in [-0.39, 0.29) is 46.9 Å². The van der Waals surface area contributed by atoms with Crippen LogP contribution in [0.4, 0.5) is 4.79 Å². The highest BCUT2D eigenvalue weighted by atomic mass is 16.8. The molecule has 1 aromatic carbocycles. The molecule has 6 N–H and O–H groups in total. The van der Waals surface area contributed by atoms with E-state index in [0.29, 0.717) is 18.8 Å². The monoisotopic (exact) mass is 856 g/mol. The van der Waals surface area contributed by atoms with Crippen molar-refractivity contribution in [1.82, 2.24) is 0 Å².